The second-order valence-electron chi connectivity index (χ2n) is 4.82. The Bertz CT molecular complexity index is 783. The normalized spacial score (nSPS) is 10.7. The van der Waals surface area contributed by atoms with E-state index in [0.717, 1.165) is 0 Å². The van der Waals surface area contributed by atoms with Crippen LogP contribution in [0, 0.1) is 0 Å². The molecule has 0 heterocycles. The minimum atomic E-state index is -0.210. The van der Waals surface area contributed by atoms with Gasteiger partial charge < -0.3 is 19.3 Å². The maximum Gasteiger partial charge on any atom is 0.189 e. The Hall–Kier alpha value is -2.47. The molecular weight excluding hydrogens is 376 g/mol. The minimum absolute atomic E-state index is 0.0119. The molecule has 2 aromatic rings. The summed E-state index contributed by atoms with van der Waals surface area (Å²) in [6.07, 6.45) is 3.07. The quantitative estimate of drug-likeness (QED) is 0.592. The smallest absolute Gasteiger partial charge is 0.189 e. The van der Waals surface area contributed by atoms with Gasteiger partial charge in [0.2, 0.25) is 0 Å². The second-order valence-corrected chi connectivity index (χ2v) is 5.67. The predicted octanol–water partition coefficient (Wildman–Crippen LogP) is 4.08. The van der Waals surface area contributed by atoms with Crippen LogP contribution in [0.3, 0.4) is 0 Å². The lowest BCUT2D eigenvalue weighted by atomic mass is 10.1. The van der Waals surface area contributed by atoms with Crippen LogP contribution in [0.25, 0.3) is 6.08 Å². The number of benzene rings is 2. The Kier molecular flexibility index (Phi) is 5.87. The van der Waals surface area contributed by atoms with Crippen LogP contribution in [-0.2, 0) is 0 Å². The van der Waals surface area contributed by atoms with Crippen molar-refractivity contribution in [2.45, 2.75) is 0 Å². The summed E-state index contributed by atoms with van der Waals surface area (Å²) in [7, 11) is 4.51. The summed E-state index contributed by atoms with van der Waals surface area (Å²) in [5.41, 5.74) is 1.14. The Morgan fingerprint density at radius 2 is 1.75 bits per heavy atom. The fraction of sp³-hybridized carbons (Fsp3) is 0.167. The van der Waals surface area contributed by atoms with Crippen molar-refractivity contribution in [1.29, 1.82) is 0 Å². The number of phenols is 1. The van der Waals surface area contributed by atoms with Gasteiger partial charge in [-0.1, -0.05) is 6.08 Å². The number of carbonyl (C=O) groups is 1. The fourth-order valence-corrected chi connectivity index (χ4v) is 2.57. The van der Waals surface area contributed by atoms with Gasteiger partial charge in [0.25, 0.3) is 0 Å². The lowest BCUT2D eigenvalue weighted by Crippen LogP contribution is -1.99. The molecule has 1 N–H and O–H groups in total. The minimum Gasteiger partial charge on any atom is -0.503 e. The standard InChI is InChI=1S/C18H17BrO5/c1-22-12-5-6-13(16(10-12)23-2)15(20)7-4-11-8-14(19)18(21)17(9-11)24-3/h4-10,21H,1-3H3. The zero-order chi connectivity index (χ0) is 17.7. The number of methoxy groups -OCH3 is 3. The van der Waals surface area contributed by atoms with Gasteiger partial charge in [0.15, 0.2) is 17.3 Å². The van der Waals surface area contributed by atoms with Gasteiger partial charge in [-0.2, -0.15) is 0 Å². The molecule has 0 saturated carbocycles. The molecule has 0 radical (unpaired) electrons. The maximum atomic E-state index is 12.4. The third-order valence-electron chi connectivity index (χ3n) is 3.37. The van der Waals surface area contributed by atoms with Gasteiger partial charge in [0.05, 0.1) is 31.4 Å². The van der Waals surface area contributed by atoms with E-state index in [2.05, 4.69) is 15.9 Å². The zero-order valence-electron chi connectivity index (χ0n) is 13.5. The van der Waals surface area contributed by atoms with E-state index in [0.29, 0.717) is 32.8 Å². The van der Waals surface area contributed by atoms with E-state index in [9.17, 15) is 9.90 Å². The highest BCUT2D eigenvalue weighted by atomic mass is 79.9. The Morgan fingerprint density at radius 1 is 1.04 bits per heavy atom. The van der Waals surface area contributed by atoms with Crippen molar-refractivity contribution >= 4 is 27.8 Å². The van der Waals surface area contributed by atoms with Gasteiger partial charge in [-0.15, -0.1) is 0 Å². The third-order valence-corrected chi connectivity index (χ3v) is 3.98. The molecule has 0 aliphatic heterocycles. The molecule has 0 unspecified atom stereocenters. The van der Waals surface area contributed by atoms with E-state index in [4.69, 9.17) is 14.2 Å². The van der Waals surface area contributed by atoms with Crippen molar-refractivity contribution in [3.63, 3.8) is 0 Å². The molecule has 6 heteroatoms. The number of phenolic OH excluding ortho intramolecular Hbond substituents is 1. The number of ether oxygens (including phenoxy) is 3. The third kappa shape index (κ3) is 3.89. The van der Waals surface area contributed by atoms with Crippen LogP contribution in [0.5, 0.6) is 23.0 Å². The largest absolute Gasteiger partial charge is 0.503 e. The zero-order valence-corrected chi connectivity index (χ0v) is 15.1. The number of hydrogen-bond donors (Lipinski definition) is 1. The number of rotatable bonds is 6. The Morgan fingerprint density at radius 3 is 2.38 bits per heavy atom. The van der Waals surface area contributed by atoms with Crippen LogP contribution in [0.1, 0.15) is 15.9 Å². The molecule has 0 aliphatic rings. The fourth-order valence-electron chi connectivity index (χ4n) is 2.11. The lowest BCUT2D eigenvalue weighted by molar-refractivity contribution is 0.104. The number of halogens is 1. The number of hydrogen-bond acceptors (Lipinski definition) is 5. The average Bonchev–Trinajstić information content (AvgIpc) is 2.61. The highest BCUT2D eigenvalue weighted by Crippen LogP contribution is 2.35. The lowest BCUT2D eigenvalue weighted by Gasteiger charge is -2.08. The van der Waals surface area contributed by atoms with E-state index in [1.165, 1.54) is 20.3 Å². The molecule has 0 spiro atoms. The van der Waals surface area contributed by atoms with Crippen molar-refractivity contribution in [1.82, 2.24) is 0 Å². The SMILES string of the molecule is COc1ccc(C(=O)C=Cc2cc(Br)c(O)c(OC)c2)c(OC)c1. The molecule has 0 aromatic heterocycles. The molecule has 0 atom stereocenters. The predicted molar refractivity (Wildman–Crippen MR) is 95.3 cm³/mol. The van der Waals surface area contributed by atoms with Gasteiger partial charge in [-0.25, -0.2) is 0 Å². The molecule has 126 valence electrons. The summed E-state index contributed by atoms with van der Waals surface area (Å²) in [5, 5.41) is 9.80. The molecule has 24 heavy (non-hydrogen) atoms. The maximum absolute atomic E-state index is 12.4. The van der Waals surface area contributed by atoms with Gasteiger partial charge in [0, 0.05) is 6.07 Å². The summed E-state index contributed by atoms with van der Waals surface area (Å²) in [6.45, 7) is 0. The Labute approximate surface area is 148 Å². The van der Waals surface area contributed by atoms with Crippen molar-refractivity contribution in [3.05, 3.63) is 52.0 Å². The second kappa shape index (κ2) is 7.88. The van der Waals surface area contributed by atoms with Crippen LogP contribution in [0.15, 0.2) is 40.9 Å². The van der Waals surface area contributed by atoms with Crippen molar-refractivity contribution < 1.29 is 24.1 Å². The van der Waals surface area contributed by atoms with Crippen LogP contribution in [0.4, 0.5) is 0 Å². The summed E-state index contributed by atoms with van der Waals surface area (Å²) in [5.74, 6) is 1.17. The number of carbonyl (C=O) groups excluding carboxylic acids is 1. The summed E-state index contributed by atoms with van der Waals surface area (Å²) < 4.78 is 15.9. The highest BCUT2D eigenvalue weighted by molar-refractivity contribution is 9.10. The molecule has 5 nitrogen and oxygen atoms in total. The van der Waals surface area contributed by atoms with Gasteiger partial charge in [-0.3, -0.25) is 4.79 Å². The van der Waals surface area contributed by atoms with Crippen molar-refractivity contribution in [2.24, 2.45) is 0 Å². The Balaban J connectivity index is 2.30. The van der Waals surface area contributed by atoms with Crippen molar-refractivity contribution in [3.8, 4) is 23.0 Å². The molecule has 2 rings (SSSR count). The van der Waals surface area contributed by atoms with E-state index >= 15 is 0 Å². The van der Waals surface area contributed by atoms with Gasteiger partial charge in [0.1, 0.15) is 11.5 Å². The molecule has 0 aliphatic carbocycles. The average molecular weight is 393 g/mol. The summed E-state index contributed by atoms with van der Waals surface area (Å²) in [4.78, 5) is 12.4. The van der Waals surface area contributed by atoms with E-state index in [-0.39, 0.29) is 11.5 Å². The first-order valence-electron chi connectivity index (χ1n) is 7.01. The number of ketones is 1. The van der Waals surface area contributed by atoms with E-state index in [1.54, 1.807) is 43.5 Å². The number of allylic oxidation sites excluding steroid dienone is 1. The monoisotopic (exact) mass is 392 g/mol. The van der Waals surface area contributed by atoms with E-state index < -0.39 is 0 Å². The van der Waals surface area contributed by atoms with Crippen LogP contribution in [0.2, 0.25) is 0 Å². The first-order chi connectivity index (χ1) is 11.5. The first-order valence-corrected chi connectivity index (χ1v) is 7.80. The molecule has 2 aromatic carbocycles. The summed E-state index contributed by atoms with van der Waals surface area (Å²) in [6, 6.07) is 8.32. The van der Waals surface area contributed by atoms with Crippen LogP contribution >= 0.6 is 15.9 Å². The molecule has 0 amide bonds. The number of aromatic hydroxyl groups is 1. The summed E-state index contributed by atoms with van der Waals surface area (Å²) >= 11 is 3.25. The molecule has 0 fully saturated rings. The van der Waals surface area contributed by atoms with Gasteiger partial charge >= 0.3 is 0 Å². The van der Waals surface area contributed by atoms with Crippen LogP contribution in [-0.4, -0.2) is 32.2 Å². The highest BCUT2D eigenvalue weighted by Gasteiger charge is 2.12. The molecular formula is C18H17BrO5. The molecule has 0 saturated heterocycles. The van der Waals surface area contributed by atoms with E-state index in [1.807, 2.05) is 0 Å². The van der Waals surface area contributed by atoms with Crippen molar-refractivity contribution in [2.75, 3.05) is 21.3 Å². The van der Waals surface area contributed by atoms with Gasteiger partial charge in [-0.05, 0) is 51.8 Å². The topological polar surface area (TPSA) is 65.0 Å². The first kappa shape index (κ1) is 17.9. The van der Waals surface area contributed by atoms with Crippen LogP contribution < -0.4 is 14.2 Å². The molecule has 0 bridgehead atoms.